The monoisotopic (exact) mass is 944 g/mol. The molecule has 3 heteroatoms. The average Bonchev–Trinajstić information content (AvgIpc) is 3.94. The molecule has 0 nitrogen and oxygen atoms in total. The van der Waals surface area contributed by atoms with Gasteiger partial charge in [0.25, 0.3) is 0 Å². The zero-order valence-corrected chi connectivity index (χ0v) is 42.4. The second-order valence-electron chi connectivity index (χ2n) is 19.1. The molecule has 8 atom stereocenters. The van der Waals surface area contributed by atoms with Crippen molar-refractivity contribution in [2.45, 2.75) is 61.8 Å². The van der Waals surface area contributed by atoms with Gasteiger partial charge >= 0.3 is 172 Å². The fraction of sp³-hybridized carbons (Fsp3) is 0.283. The molecule has 0 saturated heterocycles. The molecule has 10 rings (SSSR count). The van der Waals surface area contributed by atoms with Crippen LogP contribution < -0.4 is 0 Å². The first kappa shape index (κ1) is 48.5. The van der Waals surface area contributed by atoms with Crippen LogP contribution in [-0.2, 0) is 22.3 Å². The summed E-state index contributed by atoms with van der Waals surface area (Å²) in [4.78, 5) is 0. The number of hydrogen-bond acceptors (Lipinski definition) is 0. The van der Waals surface area contributed by atoms with Gasteiger partial charge in [-0.25, -0.2) is 12.2 Å². The third kappa shape index (κ3) is 7.57. The van der Waals surface area contributed by atoms with E-state index in [-0.39, 0.29) is 62.7 Å². The summed E-state index contributed by atoms with van der Waals surface area (Å²) in [6.45, 7) is 20.3. The van der Waals surface area contributed by atoms with Crippen molar-refractivity contribution in [3.63, 3.8) is 0 Å². The summed E-state index contributed by atoms with van der Waals surface area (Å²) < 4.78 is 4.87. The van der Waals surface area contributed by atoms with E-state index in [9.17, 15) is 0 Å². The Morgan fingerprint density at radius 1 is 0.540 bits per heavy atom. The molecule has 324 valence electrons. The molecule has 0 aromatic heterocycles. The molecule has 0 heterocycles. The summed E-state index contributed by atoms with van der Waals surface area (Å²) >= 11 is -0.679. The van der Waals surface area contributed by atoms with Crippen LogP contribution in [-0.4, -0.2) is 7.42 Å². The molecular formula is C60H64Cl2Zr-2. The van der Waals surface area contributed by atoms with Crippen molar-refractivity contribution >= 4 is 32.2 Å². The first-order chi connectivity index (χ1) is 29.3. The van der Waals surface area contributed by atoms with E-state index in [1.165, 1.54) is 39.0 Å². The van der Waals surface area contributed by atoms with Crippen LogP contribution in [0, 0.1) is 56.3 Å². The third-order valence-corrected chi connectivity index (χ3v) is 19.6. The first-order valence-corrected chi connectivity index (χ1v) is 25.0. The molecular weight excluding hydrogens is 883 g/mol. The Morgan fingerprint density at radius 3 is 1.43 bits per heavy atom. The Morgan fingerprint density at radius 2 is 0.984 bits per heavy atom. The maximum atomic E-state index is 2.99. The van der Waals surface area contributed by atoms with Gasteiger partial charge in [0.1, 0.15) is 0 Å². The first-order valence-electron chi connectivity index (χ1n) is 22.2. The molecule has 0 spiro atoms. The van der Waals surface area contributed by atoms with E-state index in [0.717, 1.165) is 6.42 Å². The Balaban J connectivity index is 0.000000184. The normalized spacial score (nSPS) is 32.9. The van der Waals surface area contributed by atoms with Crippen LogP contribution in [0.3, 0.4) is 0 Å². The van der Waals surface area contributed by atoms with E-state index in [0.29, 0.717) is 5.92 Å². The molecule has 0 aliphatic heterocycles. The van der Waals surface area contributed by atoms with Crippen molar-refractivity contribution in [1.29, 1.82) is 0 Å². The molecule has 6 aliphatic rings. The van der Waals surface area contributed by atoms with Crippen LogP contribution in [0.4, 0.5) is 0 Å². The van der Waals surface area contributed by atoms with Crippen LogP contribution in [0.5, 0.6) is 0 Å². The van der Waals surface area contributed by atoms with Gasteiger partial charge in [-0.3, -0.25) is 6.08 Å². The van der Waals surface area contributed by atoms with Gasteiger partial charge < -0.3 is 6.42 Å². The van der Waals surface area contributed by atoms with Crippen molar-refractivity contribution in [2.75, 3.05) is 0 Å². The van der Waals surface area contributed by atoms with Crippen molar-refractivity contribution < 1.29 is 22.3 Å². The quantitative estimate of drug-likeness (QED) is 0.179. The molecule has 0 amide bonds. The zero-order valence-electron chi connectivity index (χ0n) is 38.3. The summed E-state index contributed by atoms with van der Waals surface area (Å²) in [6, 6.07) is 38.9. The molecule has 0 N–H and O–H groups in total. The second-order valence-corrected chi connectivity index (χ2v) is 21.4. The molecule has 0 radical (unpaired) electrons. The summed E-state index contributed by atoms with van der Waals surface area (Å²) in [6.07, 6.45) is 39.3. The average molecular weight is 947 g/mol. The molecule has 2 saturated carbocycles. The van der Waals surface area contributed by atoms with E-state index in [2.05, 4.69) is 257 Å². The van der Waals surface area contributed by atoms with Crippen LogP contribution in [0.25, 0.3) is 22.3 Å². The van der Waals surface area contributed by atoms with Gasteiger partial charge in [0.05, 0.1) is 0 Å². The predicted molar refractivity (Wildman–Crippen MR) is 274 cm³/mol. The summed E-state index contributed by atoms with van der Waals surface area (Å²) in [7, 11) is 0. The molecule has 63 heavy (non-hydrogen) atoms. The number of halogens is 2. The third-order valence-electron chi connectivity index (χ3n) is 17.2. The fourth-order valence-electron chi connectivity index (χ4n) is 12.6. The Kier molecular flexibility index (Phi) is 14.5. The summed E-state index contributed by atoms with van der Waals surface area (Å²) in [5.74, 6) is 0.460. The van der Waals surface area contributed by atoms with Crippen molar-refractivity contribution in [1.82, 2.24) is 0 Å². The molecule has 8 unspecified atom stereocenters. The van der Waals surface area contributed by atoms with E-state index >= 15 is 0 Å². The minimum absolute atomic E-state index is 0. The number of rotatable bonds is 4. The summed E-state index contributed by atoms with van der Waals surface area (Å²) in [5.41, 5.74) is 9.49. The van der Waals surface area contributed by atoms with Crippen molar-refractivity contribution in [3.05, 3.63) is 223 Å². The number of benzene rings is 4. The van der Waals surface area contributed by atoms with Gasteiger partial charge in [0.2, 0.25) is 0 Å². The SMILES string of the molecule is CC1=CC=CC2[CH-]C3(C)C4(C)C=CC=CC4(C)C4(C)C=CC=CC4(C)C3(C)C12C.Cl.Cl.[C-]1=CC=CC1.[CH](=[Zr]=[CH]c1ccc(-c2ccccc2)cc1)c1ccc(-c2ccccc2)cc1. The number of allylic oxidation sites excluding steroid dienone is 16. The number of hydrogen-bond donors (Lipinski definition) is 0. The Hall–Kier alpha value is -4.00. The Bertz CT molecular complexity index is 2470. The van der Waals surface area contributed by atoms with Gasteiger partial charge in [0, 0.05) is 10.8 Å². The molecule has 6 aliphatic carbocycles. The second kappa shape index (κ2) is 18.8. The van der Waals surface area contributed by atoms with Gasteiger partial charge in [-0.2, -0.15) is 6.08 Å². The maximum absolute atomic E-state index is 2.99. The van der Waals surface area contributed by atoms with Gasteiger partial charge in [-0.05, 0) is 28.6 Å². The van der Waals surface area contributed by atoms with E-state index in [1.54, 1.807) is 0 Å². The van der Waals surface area contributed by atoms with Gasteiger partial charge in [-0.15, -0.1) is 48.6 Å². The minimum atomic E-state index is -0.679. The van der Waals surface area contributed by atoms with E-state index in [1.807, 2.05) is 12.2 Å². The molecule has 0 bridgehead atoms. The van der Waals surface area contributed by atoms with Crippen molar-refractivity contribution in [3.8, 4) is 22.3 Å². The van der Waals surface area contributed by atoms with E-state index in [4.69, 9.17) is 0 Å². The van der Waals surface area contributed by atoms with Crippen LogP contribution in [0.2, 0.25) is 0 Å². The van der Waals surface area contributed by atoms with E-state index < -0.39 is 22.3 Å². The number of fused-ring (bicyclic) bond motifs is 8. The van der Waals surface area contributed by atoms with Crippen LogP contribution in [0.1, 0.15) is 72.9 Å². The van der Waals surface area contributed by atoms with Crippen LogP contribution in [0.15, 0.2) is 200 Å². The Labute approximate surface area is 402 Å². The van der Waals surface area contributed by atoms with Crippen LogP contribution >= 0.6 is 24.8 Å². The topological polar surface area (TPSA) is 0 Å². The summed E-state index contributed by atoms with van der Waals surface area (Å²) in [5, 5.41) is 0. The fourth-order valence-corrected chi connectivity index (χ4v) is 14.7. The predicted octanol–water partition coefficient (Wildman–Crippen LogP) is 15.9. The van der Waals surface area contributed by atoms with Gasteiger partial charge in [0.15, 0.2) is 0 Å². The molecule has 2 fully saturated rings. The molecule has 4 aromatic rings. The standard InChI is InChI=1S/C29H37.2C13H10.C5H5.2ClH.Zr/c1-21-14-13-15-22-20-27(6)25(4)18-10-9-16-23(25,2)24(3)17-11-12-19-26(24,5)29(27,8)28(21,22)7;2*1-11-7-9-13(10-8-11)12-5-3-2-4-6-12;1-2-4-5-3-1;;;/h9-20,22H,1-8H3;2*1-10H;1-3H,4H2;2*1H;/q-1;;;-1;;;. The van der Waals surface area contributed by atoms with Gasteiger partial charge in [-0.1, -0.05) is 115 Å². The molecule has 4 aromatic carbocycles. The van der Waals surface area contributed by atoms with Crippen molar-refractivity contribution in [2.24, 2.45) is 43.8 Å². The zero-order chi connectivity index (χ0) is 43.0.